The zero-order chi connectivity index (χ0) is 25.4. The van der Waals surface area contributed by atoms with Crippen molar-refractivity contribution in [2.24, 2.45) is 0 Å². The lowest BCUT2D eigenvalue weighted by Gasteiger charge is -2.23. The van der Waals surface area contributed by atoms with Crippen LogP contribution < -0.4 is 9.47 Å². The van der Waals surface area contributed by atoms with E-state index < -0.39 is 5.97 Å². The van der Waals surface area contributed by atoms with Gasteiger partial charge in [-0.1, -0.05) is 30.3 Å². The molecule has 1 aromatic heterocycles. The van der Waals surface area contributed by atoms with Gasteiger partial charge in [0.25, 0.3) is 5.91 Å². The smallest absolute Gasteiger partial charge is 0.358 e. The van der Waals surface area contributed by atoms with Crippen LogP contribution >= 0.6 is 11.3 Å². The van der Waals surface area contributed by atoms with Crippen molar-refractivity contribution in [3.63, 3.8) is 0 Å². The minimum Gasteiger partial charge on any atom is -0.496 e. The molecule has 0 aliphatic carbocycles. The molecule has 3 aromatic rings. The van der Waals surface area contributed by atoms with E-state index in [2.05, 4.69) is 17.1 Å². The fourth-order valence-corrected chi connectivity index (χ4v) is 4.77. The number of esters is 1. The van der Waals surface area contributed by atoms with Crippen LogP contribution in [0.3, 0.4) is 0 Å². The second kappa shape index (κ2) is 12.4. The van der Waals surface area contributed by atoms with Crippen LogP contribution in [-0.4, -0.2) is 49.1 Å². The van der Waals surface area contributed by atoms with Crippen LogP contribution in [0.4, 0.5) is 0 Å². The fourth-order valence-electron chi connectivity index (χ4n) is 3.83. The topological polar surface area (TPSA) is 78.0 Å². The lowest BCUT2D eigenvalue weighted by atomic mass is 10.1. The van der Waals surface area contributed by atoms with Gasteiger partial charge in [-0.05, 0) is 51.3 Å². The van der Waals surface area contributed by atoms with Crippen LogP contribution in [-0.2, 0) is 17.7 Å². The number of aromatic nitrogens is 1. The summed E-state index contributed by atoms with van der Waals surface area (Å²) in [6.45, 7) is 6.59. The second-order valence-corrected chi connectivity index (χ2v) is 9.34. The van der Waals surface area contributed by atoms with Gasteiger partial charge < -0.3 is 19.1 Å². The van der Waals surface area contributed by atoms with Crippen molar-refractivity contribution in [3.8, 4) is 11.5 Å². The van der Waals surface area contributed by atoms with Crippen molar-refractivity contribution in [2.75, 3.05) is 27.4 Å². The number of aryl methyl sites for hydroxylation is 2. The number of ether oxygens (including phenoxy) is 3. The number of hydrogen-bond donors (Lipinski definition) is 0. The number of rotatable bonds is 11. The summed E-state index contributed by atoms with van der Waals surface area (Å²) in [7, 11) is 3.14. The molecule has 0 N–H and O–H groups in total. The molecular weight excluding hydrogens is 464 g/mol. The predicted molar refractivity (Wildman–Crippen MR) is 137 cm³/mol. The summed E-state index contributed by atoms with van der Waals surface area (Å²) in [6, 6.07) is 13.7. The van der Waals surface area contributed by atoms with Crippen molar-refractivity contribution < 1.29 is 23.8 Å². The molecule has 0 saturated heterocycles. The number of methoxy groups -OCH3 is 2. The molecule has 35 heavy (non-hydrogen) atoms. The van der Waals surface area contributed by atoms with Crippen LogP contribution in [0.2, 0.25) is 0 Å². The Labute approximate surface area is 210 Å². The number of benzene rings is 2. The van der Waals surface area contributed by atoms with Crippen molar-refractivity contribution in [2.45, 2.75) is 40.2 Å². The molecule has 8 heteroatoms. The lowest BCUT2D eigenvalue weighted by molar-refractivity contribution is 0.0519. The Balaban J connectivity index is 1.87. The van der Waals surface area contributed by atoms with Gasteiger partial charge in [0.05, 0.1) is 27.4 Å². The molecule has 1 amide bonds. The average molecular weight is 497 g/mol. The number of thiazole rings is 1. The number of amides is 1. The van der Waals surface area contributed by atoms with Gasteiger partial charge in [0.15, 0.2) is 5.69 Å². The molecule has 0 spiro atoms. The van der Waals surface area contributed by atoms with Crippen molar-refractivity contribution in [3.05, 3.63) is 74.7 Å². The van der Waals surface area contributed by atoms with E-state index in [1.807, 2.05) is 32.0 Å². The molecule has 0 unspecified atom stereocenters. The van der Waals surface area contributed by atoms with Crippen LogP contribution in [0.5, 0.6) is 11.5 Å². The normalized spacial score (nSPS) is 10.7. The molecule has 0 aliphatic heterocycles. The monoisotopic (exact) mass is 496 g/mol. The first-order valence-electron chi connectivity index (χ1n) is 11.6. The van der Waals surface area contributed by atoms with Gasteiger partial charge >= 0.3 is 5.97 Å². The lowest BCUT2D eigenvalue weighted by Crippen LogP contribution is -2.32. The fraction of sp³-hybridized carbons (Fsp3) is 0.370. The van der Waals surface area contributed by atoms with Gasteiger partial charge in [-0.15, -0.1) is 11.3 Å². The minimum atomic E-state index is -0.442. The molecule has 2 aromatic carbocycles. The molecule has 0 atom stereocenters. The number of hydrogen-bond acceptors (Lipinski definition) is 7. The highest BCUT2D eigenvalue weighted by atomic mass is 32.1. The summed E-state index contributed by atoms with van der Waals surface area (Å²) < 4.78 is 16.1. The van der Waals surface area contributed by atoms with Gasteiger partial charge in [-0.25, -0.2) is 9.78 Å². The molecule has 3 rings (SSSR count). The minimum absolute atomic E-state index is 0.153. The third kappa shape index (κ3) is 6.60. The number of carbonyl (C=O) groups is 2. The van der Waals surface area contributed by atoms with Gasteiger partial charge in [0, 0.05) is 22.5 Å². The molecule has 0 bridgehead atoms. The SMILES string of the molecule is CCOC(=O)c1nc(CN(CCCc2ccccc2)C(=O)c2cc(OC)c(C)c(OC)c2)sc1C. The van der Waals surface area contributed by atoms with Crippen LogP contribution in [0, 0.1) is 13.8 Å². The summed E-state index contributed by atoms with van der Waals surface area (Å²) >= 11 is 1.40. The molecule has 1 heterocycles. The summed E-state index contributed by atoms with van der Waals surface area (Å²) in [5.74, 6) is 0.584. The zero-order valence-electron chi connectivity index (χ0n) is 20.9. The Kier molecular flexibility index (Phi) is 9.25. The first-order valence-corrected chi connectivity index (χ1v) is 12.4. The molecule has 0 radical (unpaired) electrons. The molecule has 0 aliphatic rings. The maximum absolute atomic E-state index is 13.7. The molecule has 0 fully saturated rings. The summed E-state index contributed by atoms with van der Waals surface area (Å²) in [6.07, 6.45) is 1.63. The third-order valence-electron chi connectivity index (χ3n) is 5.66. The molecule has 186 valence electrons. The van der Waals surface area contributed by atoms with E-state index in [1.165, 1.54) is 16.9 Å². The van der Waals surface area contributed by atoms with E-state index in [4.69, 9.17) is 14.2 Å². The maximum atomic E-state index is 13.7. The van der Waals surface area contributed by atoms with E-state index in [9.17, 15) is 9.59 Å². The Hall–Kier alpha value is -3.39. The van der Waals surface area contributed by atoms with Crippen molar-refractivity contribution >= 4 is 23.2 Å². The van der Waals surface area contributed by atoms with Gasteiger partial charge in [-0.3, -0.25) is 4.79 Å². The van der Waals surface area contributed by atoms with Gasteiger partial charge in [-0.2, -0.15) is 0 Å². The Morgan fingerprint density at radius 2 is 1.69 bits per heavy atom. The standard InChI is InChI=1S/C27H32N2O5S/c1-6-34-27(31)25-19(3)35-24(28-25)17-29(14-10-13-20-11-8-7-9-12-20)26(30)21-15-22(32-4)18(2)23(16-21)33-5/h7-9,11-12,15-16H,6,10,13-14,17H2,1-5H3. The Bertz CT molecular complexity index is 1130. The Morgan fingerprint density at radius 3 is 2.29 bits per heavy atom. The number of nitrogens with zero attached hydrogens (tertiary/aromatic N) is 2. The highest BCUT2D eigenvalue weighted by Crippen LogP contribution is 2.30. The van der Waals surface area contributed by atoms with Gasteiger partial charge in [0.2, 0.25) is 0 Å². The van der Waals surface area contributed by atoms with E-state index in [1.54, 1.807) is 38.2 Å². The van der Waals surface area contributed by atoms with E-state index in [-0.39, 0.29) is 19.1 Å². The largest absolute Gasteiger partial charge is 0.496 e. The van der Waals surface area contributed by atoms with Crippen LogP contribution in [0.25, 0.3) is 0 Å². The van der Waals surface area contributed by atoms with E-state index >= 15 is 0 Å². The molecule has 7 nitrogen and oxygen atoms in total. The Morgan fingerprint density at radius 1 is 1.03 bits per heavy atom. The zero-order valence-corrected chi connectivity index (χ0v) is 21.7. The van der Waals surface area contributed by atoms with E-state index in [0.717, 1.165) is 23.3 Å². The van der Waals surface area contributed by atoms with Crippen LogP contribution in [0.1, 0.15) is 55.2 Å². The van der Waals surface area contributed by atoms with Gasteiger partial charge in [0.1, 0.15) is 16.5 Å². The highest BCUT2D eigenvalue weighted by molar-refractivity contribution is 7.11. The first-order chi connectivity index (χ1) is 16.9. The maximum Gasteiger partial charge on any atom is 0.358 e. The third-order valence-corrected chi connectivity index (χ3v) is 6.61. The average Bonchev–Trinajstić information content (AvgIpc) is 3.24. The molecule has 0 saturated carbocycles. The second-order valence-electron chi connectivity index (χ2n) is 8.05. The molecular formula is C27H32N2O5S. The summed E-state index contributed by atoms with van der Waals surface area (Å²) in [5.41, 5.74) is 2.83. The first kappa shape index (κ1) is 26.2. The summed E-state index contributed by atoms with van der Waals surface area (Å²) in [5, 5.41) is 0.685. The van der Waals surface area contributed by atoms with E-state index in [0.29, 0.717) is 34.3 Å². The summed E-state index contributed by atoms with van der Waals surface area (Å²) in [4.78, 5) is 32.9. The van der Waals surface area contributed by atoms with Crippen molar-refractivity contribution in [1.82, 2.24) is 9.88 Å². The predicted octanol–water partition coefficient (Wildman–Crippen LogP) is 5.23. The number of carbonyl (C=O) groups excluding carboxylic acids is 2. The highest BCUT2D eigenvalue weighted by Gasteiger charge is 2.23. The quantitative estimate of drug-likeness (QED) is 0.338. The van der Waals surface area contributed by atoms with Crippen molar-refractivity contribution in [1.29, 1.82) is 0 Å². The van der Waals surface area contributed by atoms with Crippen LogP contribution in [0.15, 0.2) is 42.5 Å².